The molecule has 1 heterocycles. The lowest BCUT2D eigenvalue weighted by molar-refractivity contribution is 0.259. The van der Waals surface area contributed by atoms with Gasteiger partial charge in [0.25, 0.3) is 0 Å². The van der Waals surface area contributed by atoms with Crippen LogP contribution in [0.15, 0.2) is 11.4 Å². The van der Waals surface area contributed by atoms with Crippen molar-refractivity contribution in [2.24, 2.45) is 5.73 Å². The minimum atomic E-state index is -0.575. The van der Waals surface area contributed by atoms with Crippen LogP contribution in [0.4, 0.5) is 10.5 Å². The van der Waals surface area contributed by atoms with E-state index in [2.05, 4.69) is 5.32 Å². The summed E-state index contributed by atoms with van der Waals surface area (Å²) in [5.74, 6) is 0. The number of hydrogen-bond donors (Lipinski definition) is 2. The van der Waals surface area contributed by atoms with Crippen LogP contribution < -0.4 is 11.1 Å². The summed E-state index contributed by atoms with van der Waals surface area (Å²) in [6.07, 6.45) is 0. The molecule has 0 aliphatic carbocycles. The second kappa shape index (κ2) is 2.90. The molecular formula is C5H5ClN2OS. The Morgan fingerprint density at radius 1 is 1.80 bits per heavy atom. The van der Waals surface area contributed by atoms with Gasteiger partial charge < -0.3 is 11.1 Å². The third-order valence-electron chi connectivity index (χ3n) is 0.835. The van der Waals surface area contributed by atoms with Gasteiger partial charge in [0.1, 0.15) is 0 Å². The van der Waals surface area contributed by atoms with Crippen molar-refractivity contribution in [2.75, 3.05) is 5.32 Å². The number of hydrogen-bond acceptors (Lipinski definition) is 2. The minimum absolute atomic E-state index is 0.575. The van der Waals surface area contributed by atoms with E-state index in [1.807, 2.05) is 0 Å². The second-order valence-corrected chi connectivity index (χ2v) is 3.17. The van der Waals surface area contributed by atoms with Crippen LogP contribution in [0.25, 0.3) is 0 Å². The summed E-state index contributed by atoms with van der Waals surface area (Å²) in [7, 11) is 0. The van der Waals surface area contributed by atoms with Gasteiger partial charge in [0.15, 0.2) is 0 Å². The lowest BCUT2D eigenvalue weighted by Crippen LogP contribution is -2.18. The van der Waals surface area contributed by atoms with Gasteiger partial charge in [-0.1, -0.05) is 11.6 Å². The van der Waals surface area contributed by atoms with E-state index in [1.165, 1.54) is 11.3 Å². The van der Waals surface area contributed by atoms with Crippen LogP contribution in [0.3, 0.4) is 0 Å². The number of rotatable bonds is 1. The van der Waals surface area contributed by atoms with Gasteiger partial charge in [0.05, 0.1) is 10.0 Å². The van der Waals surface area contributed by atoms with Gasteiger partial charge in [-0.05, 0) is 6.07 Å². The summed E-state index contributed by atoms with van der Waals surface area (Å²) in [6.45, 7) is 0. The number of nitrogens with two attached hydrogens (primary N) is 1. The fraction of sp³-hybridized carbons (Fsp3) is 0. The van der Waals surface area contributed by atoms with Crippen LogP contribution in [0.2, 0.25) is 4.34 Å². The van der Waals surface area contributed by atoms with E-state index in [9.17, 15) is 4.79 Å². The normalized spacial score (nSPS) is 9.30. The van der Waals surface area contributed by atoms with E-state index in [0.29, 0.717) is 10.0 Å². The Morgan fingerprint density at radius 2 is 2.50 bits per heavy atom. The Bertz CT molecular complexity index is 248. The summed E-state index contributed by atoms with van der Waals surface area (Å²) in [4.78, 5) is 10.3. The molecule has 0 spiro atoms. The number of halogens is 1. The fourth-order valence-electron chi connectivity index (χ4n) is 0.518. The molecular weight excluding hydrogens is 172 g/mol. The Labute approximate surface area is 66.8 Å². The average Bonchev–Trinajstić information content (AvgIpc) is 2.13. The molecule has 0 fully saturated rings. The number of amides is 2. The van der Waals surface area contributed by atoms with Crippen LogP contribution in [-0.4, -0.2) is 6.03 Å². The molecule has 0 aliphatic heterocycles. The maximum absolute atomic E-state index is 10.3. The molecule has 0 aromatic carbocycles. The summed E-state index contributed by atoms with van der Waals surface area (Å²) in [5, 5.41) is 4.11. The molecule has 0 aliphatic rings. The third-order valence-corrected chi connectivity index (χ3v) is 1.93. The summed E-state index contributed by atoms with van der Waals surface area (Å²) >= 11 is 6.91. The quantitative estimate of drug-likeness (QED) is 0.675. The Morgan fingerprint density at radius 3 is 2.90 bits per heavy atom. The van der Waals surface area contributed by atoms with Crippen molar-refractivity contribution < 1.29 is 4.79 Å². The summed E-state index contributed by atoms with van der Waals surface area (Å²) < 4.78 is 0.628. The molecule has 0 radical (unpaired) electrons. The average molecular weight is 177 g/mol. The van der Waals surface area contributed by atoms with E-state index < -0.39 is 6.03 Å². The molecule has 3 nitrogen and oxygen atoms in total. The smallest absolute Gasteiger partial charge is 0.316 e. The van der Waals surface area contributed by atoms with Crippen molar-refractivity contribution in [1.29, 1.82) is 0 Å². The zero-order valence-corrected chi connectivity index (χ0v) is 6.50. The number of primary amides is 1. The first-order chi connectivity index (χ1) is 4.68. The first-order valence-electron chi connectivity index (χ1n) is 2.49. The molecule has 5 heteroatoms. The Kier molecular flexibility index (Phi) is 2.13. The number of nitrogens with one attached hydrogen (secondary N) is 1. The SMILES string of the molecule is NC(=O)Nc1csc(Cl)c1. The van der Waals surface area contributed by atoms with Crippen molar-refractivity contribution in [2.45, 2.75) is 0 Å². The van der Waals surface area contributed by atoms with Gasteiger partial charge in [0, 0.05) is 5.38 Å². The van der Waals surface area contributed by atoms with E-state index in [4.69, 9.17) is 17.3 Å². The minimum Gasteiger partial charge on any atom is -0.351 e. The van der Waals surface area contributed by atoms with Crippen molar-refractivity contribution in [3.05, 3.63) is 15.8 Å². The molecule has 0 bridgehead atoms. The molecule has 54 valence electrons. The Balaban J connectivity index is 2.67. The number of carbonyl (C=O) groups is 1. The topological polar surface area (TPSA) is 55.1 Å². The number of carbonyl (C=O) groups excluding carboxylic acids is 1. The number of anilines is 1. The largest absolute Gasteiger partial charge is 0.351 e. The van der Waals surface area contributed by atoms with Gasteiger partial charge in [-0.25, -0.2) is 4.79 Å². The number of thiophene rings is 1. The molecule has 0 atom stereocenters. The van der Waals surface area contributed by atoms with E-state index in [0.717, 1.165) is 0 Å². The zero-order chi connectivity index (χ0) is 7.56. The first kappa shape index (κ1) is 7.37. The first-order valence-corrected chi connectivity index (χ1v) is 3.75. The predicted molar refractivity (Wildman–Crippen MR) is 42.5 cm³/mol. The van der Waals surface area contributed by atoms with Gasteiger partial charge >= 0.3 is 6.03 Å². The molecule has 1 aromatic heterocycles. The predicted octanol–water partition coefficient (Wildman–Crippen LogP) is 1.89. The van der Waals surface area contributed by atoms with Crippen molar-refractivity contribution in [1.82, 2.24) is 0 Å². The highest BCUT2D eigenvalue weighted by molar-refractivity contribution is 7.14. The highest BCUT2D eigenvalue weighted by atomic mass is 35.5. The van der Waals surface area contributed by atoms with Gasteiger partial charge in [-0.3, -0.25) is 0 Å². The highest BCUT2D eigenvalue weighted by Crippen LogP contribution is 2.23. The van der Waals surface area contributed by atoms with Crippen molar-refractivity contribution in [3.63, 3.8) is 0 Å². The van der Waals surface area contributed by atoms with Crippen molar-refractivity contribution >= 4 is 34.7 Å². The van der Waals surface area contributed by atoms with Gasteiger partial charge in [-0.2, -0.15) is 0 Å². The molecule has 10 heavy (non-hydrogen) atoms. The van der Waals surface area contributed by atoms with Gasteiger partial charge in [-0.15, -0.1) is 11.3 Å². The fourth-order valence-corrected chi connectivity index (χ4v) is 1.33. The zero-order valence-electron chi connectivity index (χ0n) is 4.93. The monoisotopic (exact) mass is 176 g/mol. The van der Waals surface area contributed by atoms with E-state index in [1.54, 1.807) is 11.4 Å². The summed E-state index contributed by atoms with van der Waals surface area (Å²) in [5.41, 5.74) is 5.49. The number of urea groups is 1. The van der Waals surface area contributed by atoms with Crippen molar-refractivity contribution in [3.8, 4) is 0 Å². The highest BCUT2D eigenvalue weighted by Gasteiger charge is 1.97. The maximum atomic E-state index is 10.3. The van der Waals surface area contributed by atoms with E-state index >= 15 is 0 Å². The molecule has 0 saturated carbocycles. The van der Waals surface area contributed by atoms with Crippen LogP contribution in [0, 0.1) is 0 Å². The maximum Gasteiger partial charge on any atom is 0.316 e. The lowest BCUT2D eigenvalue weighted by atomic mass is 10.5. The van der Waals surface area contributed by atoms with Crippen LogP contribution >= 0.6 is 22.9 Å². The van der Waals surface area contributed by atoms with Gasteiger partial charge in [0.2, 0.25) is 0 Å². The molecule has 0 saturated heterocycles. The molecule has 1 aromatic rings. The lowest BCUT2D eigenvalue weighted by Gasteiger charge is -1.92. The third kappa shape index (κ3) is 1.89. The van der Waals surface area contributed by atoms with Crippen LogP contribution in [-0.2, 0) is 0 Å². The second-order valence-electron chi connectivity index (χ2n) is 1.63. The van der Waals surface area contributed by atoms with Crippen LogP contribution in [0.1, 0.15) is 0 Å². The standard InChI is InChI=1S/C5H5ClN2OS/c6-4-1-3(2-10-4)8-5(7)9/h1-2H,(H3,7,8,9). The van der Waals surface area contributed by atoms with E-state index in [-0.39, 0.29) is 0 Å². The molecule has 3 N–H and O–H groups in total. The van der Waals surface area contributed by atoms with Crippen LogP contribution in [0.5, 0.6) is 0 Å². The Hall–Kier alpha value is -0.740. The molecule has 2 amide bonds. The molecule has 1 rings (SSSR count). The molecule has 0 unspecified atom stereocenters. The summed E-state index contributed by atoms with van der Waals surface area (Å²) in [6, 6.07) is 1.06.